The van der Waals surface area contributed by atoms with E-state index >= 15 is 0 Å². The topological polar surface area (TPSA) is 69.7 Å². The monoisotopic (exact) mass is 485 g/mol. The fourth-order valence-corrected chi connectivity index (χ4v) is 7.80. The van der Waals surface area contributed by atoms with E-state index in [-0.39, 0.29) is 23.1 Å². The van der Waals surface area contributed by atoms with Crippen molar-refractivity contribution in [1.82, 2.24) is 14.5 Å². The molecule has 0 spiro atoms. The zero-order valence-corrected chi connectivity index (χ0v) is 20.6. The summed E-state index contributed by atoms with van der Waals surface area (Å²) >= 11 is 6.55. The van der Waals surface area contributed by atoms with Gasteiger partial charge in [0.15, 0.2) is 0 Å². The minimum Gasteiger partial charge on any atom is -0.348 e. The molecule has 2 heterocycles. The number of nitrogens with one attached hydrogen (secondary N) is 1. The summed E-state index contributed by atoms with van der Waals surface area (Å²) < 4.78 is 42.2. The van der Waals surface area contributed by atoms with Crippen LogP contribution in [0.3, 0.4) is 0 Å². The number of benzene rings is 1. The number of carbonyl (C=O) groups excluding carboxylic acids is 1. The van der Waals surface area contributed by atoms with Crippen molar-refractivity contribution in [3.63, 3.8) is 0 Å². The first-order valence-electron chi connectivity index (χ1n) is 11.5. The van der Waals surface area contributed by atoms with Crippen molar-refractivity contribution >= 4 is 27.5 Å². The Bertz CT molecular complexity index is 990. The lowest BCUT2D eigenvalue weighted by Crippen LogP contribution is -2.56. The summed E-state index contributed by atoms with van der Waals surface area (Å²) in [5.74, 6) is -1.07. The highest BCUT2D eigenvalue weighted by Gasteiger charge is 2.45. The van der Waals surface area contributed by atoms with Crippen LogP contribution >= 0.6 is 11.6 Å². The first kappa shape index (κ1) is 23.9. The predicted molar refractivity (Wildman–Crippen MR) is 123 cm³/mol. The van der Waals surface area contributed by atoms with Gasteiger partial charge in [-0.1, -0.05) is 37.4 Å². The van der Waals surface area contributed by atoms with Crippen molar-refractivity contribution in [2.45, 2.75) is 57.2 Å². The third-order valence-corrected chi connectivity index (χ3v) is 10.4. The second kappa shape index (κ2) is 8.85. The zero-order valence-electron chi connectivity index (χ0n) is 19.0. The Balaban J connectivity index is 1.54. The van der Waals surface area contributed by atoms with Gasteiger partial charge in [-0.25, -0.2) is 17.1 Å². The Morgan fingerprint density at radius 1 is 1.25 bits per heavy atom. The molecule has 3 aliphatic rings. The maximum atomic E-state index is 15.0. The lowest BCUT2D eigenvalue weighted by molar-refractivity contribution is -0.126. The molecule has 1 amide bonds. The number of carbonyl (C=O) groups is 1. The largest absolute Gasteiger partial charge is 0.348 e. The van der Waals surface area contributed by atoms with Gasteiger partial charge in [-0.05, 0) is 50.3 Å². The van der Waals surface area contributed by atoms with Crippen LogP contribution in [0.4, 0.5) is 4.39 Å². The minimum absolute atomic E-state index is 0.182. The molecule has 3 fully saturated rings. The van der Waals surface area contributed by atoms with E-state index in [1.807, 2.05) is 18.9 Å². The summed E-state index contributed by atoms with van der Waals surface area (Å²) in [5, 5.41) is 3.08. The van der Waals surface area contributed by atoms with E-state index in [2.05, 4.69) is 12.2 Å². The van der Waals surface area contributed by atoms with Crippen molar-refractivity contribution in [2.24, 2.45) is 11.3 Å². The van der Waals surface area contributed by atoms with E-state index in [0.717, 1.165) is 31.2 Å². The van der Waals surface area contributed by atoms with Gasteiger partial charge in [0, 0.05) is 31.7 Å². The van der Waals surface area contributed by atoms with Gasteiger partial charge >= 0.3 is 0 Å². The van der Waals surface area contributed by atoms with Crippen molar-refractivity contribution < 1.29 is 17.6 Å². The fourth-order valence-electron chi connectivity index (χ4n) is 5.48. The minimum atomic E-state index is -3.40. The van der Waals surface area contributed by atoms with Crippen LogP contribution in [0, 0.1) is 24.1 Å². The van der Waals surface area contributed by atoms with Gasteiger partial charge in [-0.2, -0.15) is 0 Å². The van der Waals surface area contributed by atoms with Crippen molar-refractivity contribution in [1.29, 1.82) is 0 Å². The molecule has 0 radical (unpaired) electrons. The van der Waals surface area contributed by atoms with Gasteiger partial charge in [0.1, 0.15) is 11.1 Å². The standard InChI is InChI=1S/C23H33ClFN3O3S/c1-15-6-7-18(25)19(20(15)24)21(23(2)9-4-5-10-23)26-22(29)16-8-11-28(12-16)32(30,31)17-13-27(3)14-17/h6-7,16-17,21H,4-5,8-14H2,1-3H3,(H,26,29). The van der Waals surface area contributed by atoms with Crippen molar-refractivity contribution in [3.8, 4) is 0 Å². The van der Waals surface area contributed by atoms with Gasteiger partial charge < -0.3 is 10.2 Å². The van der Waals surface area contributed by atoms with Crippen LogP contribution in [0.15, 0.2) is 12.1 Å². The molecule has 1 aromatic carbocycles. The van der Waals surface area contributed by atoms with Crippen LogP contribution in [-0.4, -0.2) is 62.0 Å². The number of hydrogen-bond donors (Lipinski definition) is 1. The zero-order chi connectivity index (χ0) is 23.3. The summed E-state index contributed by atoms with van der Waals surface area (Å²) in [6, 6.07) is 2.51. The molecule has 2 unspecified atom stereocenters. The molecule has 4 rings (SSSR count). The SMILES string of the molecule is Cc1ccc(F)c(C(NC(=O)C2CCN(S(=O)(=O)C3CN(C)C3)C2)C2(C)CCCC2)c1Cl. The molecule has 2 aliphatic heterocycles. The average molecular weight is 486 g/mol. The second-order valence-corrected chi connectivity index (χ2v) is 12.7. The number of sulfonamides is 1. The van der Waals surface area contributed by atoms with Crippen LogP contribution in [0.5, 0.6) is 0 Å². The molecule has 1 aliphatic carbocycles. The van der Waals surface area contributed by atoms with Crippen LogP contribution < -0.4 is 5.32 Å². The average Bonchev–Trinajstić information content (AvgIpc) is 3.38. The third-order valence-electron chi connectivity index (χ3n) is 7.67. The normalized spacial score (nSPS) is 25.6. The van der Waals surface area contributed by atoms with Gasteiger partial charge in [0.05, 0.1) is 17.0 Å². The van der Waals surface area contributed by atoms with Crippen molar-refractivity contribution in [2.75, 3.05) is 33.2 Å². The van der Waals surface area contributed by atoms with E-state index in [9.17, 15) is 17.6 Å². The highest BCUT2D eigenvalue weighted by Crippen LogP contribution is 2.49. The number of halogens is 2. The van der Waals surface area contributed by atoms with Crippen molar-refractivity contribution in [3.05, 3.63) is 34.1 Å². The molecule has 0 aromatic heterocycles. The predicted octanol–water partition coefficient (Wildman–Crippen LogP) is 3.49. The molecule has 1 N–H and O–H groups in total. The van der Waals surface area contributed by atoms with Crippen LogP contribution in [0.25, 0.3) is 0 Å². The van der Waals surface area contributed by atoms with E-state index in [1.54, 1.807) is 6.07 Å². The first-order chi connectivity index (χ1) is 15.0. The Hall–Kier alpha value is -1.22. The van der Waals surface area contributed by atoms with Gasteiger partial charge in [0.2, 0.25) is 15.9 Å². The Morgan fingerprint density at radius 3 is 2.53 bits per heavy atom. The maximum Gasteiger partial charge on any atom is 0.224 e. The smallest absolute Gasteiger partial charge is 0.224 e. The maximum absolute atomic E-state index is 15.0. The van der Waals surface area contributed by atoms with E-state index in [1.165, 1.54) is 10.4 Å². The van der Waals surface area contributed by atoms with Crippen LogP contribution in [-0.2, 0) is 14.8 Å². The molecule has 6 nitrogen and oxygen atoms in total. The Kier molecular flexibility index (Phi) is 6.62. The third kappa shape index (κ3) is 4.31. The highest BCUT2D eigenvalue weighted by molar-refractivity contribution is 7.89. The summed E-state index contributed by atoms with van der Waals surface area (Å²) in [5.41, 5.74) is 0.825. The summed E-state index contributed by atoms with van der Waals surface area (Å²) in [6.07, 6.45) is 4.28. The van der Waals surface area contributed by atoms with E-state index < -0.39 is 27.8 Å². The quantitative estimate of drug-likeness (QED) is 0.669. The first-order valence-corrected chi connectivity index (χ1v) is 13.3. The summed E-state index contributed by atoms with van der Waals surface area (Å²) in [6.45, 7) is 5.51. The van der Waals surface area contributed by atoms with E-state index in [4.69, 9.17) is 11.6 Å². The van der Waals surface area contributed by atoms with Crippen LogP contribution in [0.2, 0.25) is 5.02 Å². The van der Waals surface area contributed by atoms with E-state index in [0.29, 0.717) is 36.6 Å². The molecule has 2 saturated heterocycles. The highest BCUT2D eigenvalue weighted by atomic mass is 35.5. The Labute approximate surface area is 195 Å². The van der Waals surface area contributed by atoms with Gasteiger partial charge in [-0.15, -0.1) is 0 Å². The number of hydrogen-bond acceptors (Lipinski definition) is 4. The Morgan fingerprint density at radius 2 is 1.91 bits per heavy atom. The number of nitrogens with zero attached hydrogens (tertiary/aromatic N) is 2. The molecule has 0 bridgehead atoms. The fraction of sp³-hybridized carbons (Fsp3) is 0.696. The van der Waals surface area contributed by atoms with Gasteiger partial charge in [0.25, 0.3) is 0 Å². The molecule has 1 aromatic rings. The lowest BCUT2D eigenvalue weighted by Gasteiger charge is -2.38. The molecule has 9 heteroatoms. The number of rotatable bonds is 6. The molecular formula is C23H33ClFN3O3S. The molecule has 32 heavy (non-hydrogen) atoms. The summed E-state index contributed by atoms with van der Waals surface area (Å²) in [7, 11) is -1.50. The number of aryl methyl sites for hydroxylation is 1. The summed E-state index contributed by atoms with van der Waals surface area (Å²) in [4.78, 5) is 15.3. The molecule has 178 valence electrons. The number of likely N-dealkylation sites (tertiary alicyclic amines) is 1. The van der Waals surface area contributed by atoms with Gasteiger partial charge in [-0.3, -0.25) is 4.79 Å². The molecular weight excluding hydrogens is 453 g/mol. The number of amides is 1. The molecule has 2 atom stereocenters. The molecule has 1 saturated carbocycles. The van der Waals surface area contributed by atoms with Crippen LogP contribution in [0.1, 0.15) is 56.2 Å². The lowest BCUT2D eigenvalue weighted by atomic mass is 9.76. The second-order valence-electron chi connectivity index (χ2n) is 10.1.